The third-order valence-corrected chi connectivity index (χ3v) is 2.32. The molecule has 0 fully saturated rings. The number of hydrogen-bond acceptors (Lipinski definition) is 2. The summed E-state index contributed by atoms with van der Waals surface area (Å²) >= 11 is 0. The van der Waals surface area contributed by atoms with Crippen LogP contribution in [0.5, 0.6) is 5.75 Å². The Balaban J connectivity index is 2.52. The first-order chi connectivity index (χ1) is 6.68. The van der Waals surface area contributed by atoms with Gasteiger partial charge in [0.15, 0.2) is 0 Å². The molecule has 74 valence electrons. The SMILES string of the molecule is C[C@@H](N)Cc1c[nH]c2c(O)cccc12. The molecule has 4 N–H and O–H groups in total. The van der Waals surface area contributed by atoms with Gasteiger partial charge in [0.1, 0.15) is 5.75 Å². The van der Waals surface area contributed by atoms with Crippen LogP contribution in [-0.2, 0) is 6.42 Å². The monoisotopic (exact) mass is 190 g/mol. The summed E-state index contributed by atoms with van der Waals surface area (Å²) in [6, 6.07) is 5.64. The average Bonchev–Trinajstić information content (AvgIpc) is 2.49. The standard InChI is InChI=1S/C11H14N2O/c1-7(12)5-8-6-13-11-9(8)3-2-4-10(11)14/h2-4,6-7,13-14H,5,12H2,1H3/t7-/m1/s1. The Hall–Kier alpha value is -1.48. The van der Waals surface area contributed by atoms with Crippen molar-refractivity contribution in [1.29, 1.82) is 0 Å². The normalized spacial score (nSPS) is 13.3. The van der Waals surface area contributed by atoms with Gasteiger partial charge < -0.3 is 15.8 Å². The number of aromatic amines is 1. The summed E-state index contributed by atoms with van der Waals surface area (Å²) in [7, 11) is 0. The molecule has 0 aliphatic heterocycles. The summed E-state index contributed by atoms with van der Waals surface area (Å²) in [4.78, 5) is 3.06. The molecule has 0 saturated carbocycles. The second kappa shape index (κ2) is 3.35. The van der Waals surface area contributed by atoms with Crippen LogP contribution >= 0.6 is 0 Å². The maximum atomic E-state index is 9.56. The largest absolute Gasteiger partial charge is 0.506 e. The van der Waals surface area contributed by atoms with Crippen LogP contribution in [0, 0.1) is 0 Å². The lowest BCUT2D eigenvalue weighted by Gasteiger charge is -2.02. The summed E-state index contributed by atoms with van der Waals surface area (Å²) in [5, 5.41) is 10.6. The number of nitrogens with one attached hydrogen (secondary N) is 1. The topological polar surface area (TPSA) is 62.0 Å². The Morgan fingerprint density at radius 3 is 3.00 bits per heavy atom. The fraction of sp³-hybridized carbons (Fsp3) is 0.273. The number of nitrogens with two attached hydrogens (primary N) is 1. The molecule has 14 heavy (non-hydrogen) atoms. The van der Waals surface area contributed by atoms with E-state index in [-0.39, 0.29) is 6.04 Å². The van der Waals surface area contributed by atoms with Crippen molar-refractivity contribution in [1.82, 2.24) is 4.98 Å². The quantitative estimate of drug-likeness (QED) is 0.675. The van der Waals surface area contributed by atoms with Gasteiger partial charge in [0.25, 0.3) is 0 Å². The maximum Gasteiger partial charge on any atom is 0.139 e. The number of hydrogen-bond donors (Lipinski definition) is 3. The van der Waals surface area contributed by atoms with Crippen LogP contribution in [0.3, 0.4) is 0 Å². The number of aromatic nitrogens is 1. The van der Waals surface area contributed by atoms with E-state index in [9.17, 15) is 5.11 Å². The summed E-state index contributed by atoms with van der Waals surface area (Å²) in [5.74, 6) is 0.290. The highest BCUT2D eigenvalue weighted by atomic mass is 16.3. The summed E-state index contributed by atoms with van der Waals surface area (Å²) in [5.41, 5.74) is 7.69. The Morgan fingerprint density at radius 2 is 2.29 bits per heavy atom. The molecule has 3 nitrogen and oxygen atoms in total. The molecule has 3 heteroatoms. The second-order valence-electron chi connectivity index (χ2n) is 3.70. The van der Waals surface area contributed by atoms with Crippen molar-refractivity contribution < 1.29 is 5.11 Å². The molecule has 0 bridgehead atoms. The van der Waals surface area contributed by atoms with Gasteiger partial charge in [-0.1, -0.05) is 12.1 Å². The van der Waals surface area contributed by atoms with Gasteiger partial charge in [-0.05, 0) is 25.0 Å². The van der Waals surface area contributed by atoms with Crippen LogP contribution in [0.2, 0.25) is 0 Å². The predicted molar refractivity (Wildman–Crippen MR) is 57.3 cm³/mol. The van der Waals surface area contributed by atoms with E-state index in [2.05, 4.69) is 4.98 Å². The van der Waals surface area contributed by atoms with Gasteiger partial charge in [0.05, 0.1) is 5.52 Å². The molecule has 1 heterocycles. The van der Waals surface area contributed by atoms with E-state index in [4.69, 9.17) is 5.73 Å². The van der Waals surface area contributed by atoms with Gasteiger partial charge in [0.2, 0.25) is 0 Å². The lowest BCUT2D eigenvalue weighted by Crippen LogP contribution is -2.17. The molecule has 2 aromatic rings. The minimum atomic E-state index is 0.136. The number of benzene rings is 1. The van der Waals surface area contributed by atoms with Crippen molar-refractivity contribution in [2.45, 2.75) is 19.4 Å². The fourth-order valence-electron chi connectivity index (χ4n) is 1.71. The molecule has 1 aromatic carbocycles. The molecule has 0 saturated heterocycles. The number of phenols is 1. The van der Waals surface area contributed by atoms with Crippen molar-refractivity contribution in [2.75, 3.05) is 0 Å². The smallest absolute Gasteiger partial charge is 0.139 e. The first-order valence-electron chi connectivity index (χ1n) is 4.72. The minimum absolute atomic E-state index is 0.136. The number of phenolic OH excluding ortho intramolecular Hbond substituents is 1. The molecule has 1 aromatic heterocycles. The van der Waals surface area contributed by atoms with E-state index < -0.39 is 0 Å². The number of fused-ring (bicyclic) bond motifs is 1. The number of aromatic hydroxyl groups is 1. The third kappa shape index (κ3) is 1.46. The molecule has 0 radical (unpaired) electrons. The highest BCUT2D eigenvalue weighted by Gasteiger charge is 2.07. The zero-order valence-electron chi connectivity index (χ0n) is 8.12. The summed E-state index contributed by atoms with van der Waals surface area (Å²) in [6.07, 6.45) is 2.73. The highest BCUT2D eigenvalue weighted by molar-refractivity contribution is 5.88. The lowest BCUT2D eigenvalue weighted by molar-refractivity contribution is 0.480. The van der Waals surface area contributed by atoms with Crippen molar-refractivity contribution in [3.05, 3.63) is 30.0 Å². The summed E-state index contributed by atoms with van der Waals surface area (Å²) < 4.78 is 0. The van der Waals surface area contributed by atoms with Crippen LogP contribution < -0.4 is 5.73 Å². The first kappa shape index (κ1) is 9.09. The molecule has 0 amide bonds. The predicted octanol–water partition coefficient (Wildman–Crippen LogP) is 1.76. The van der Waals surface area contributed by atoms with Gasteiger partial charge in [-0.25, -0.2) is 0 Å². The van der Waals surface area contributed by atoms with E-state index in [1.165, 1.54) is 0 Å². The highest BCUT2D eigenvalue weighted by Crippen LogP contribution is 2.26. The zero-order chi connectivity index (χ0) is 10.1. The first-order valence-corrected chi connectivity index (χ1v) is 4.72. The Labute approximate surface area is 82.6 Å². The number of para-hydroxylation sites is 1. The van der Waals surface area contributed by atoms with Gasteiger partial charge in [-0.15, -0.1) is 0 Å². The molecular weight excluding hydrogens is 176 g/mol. The molecule has 0 spiro atoms. The van der Waals surface area contributed by atoms with Gasteiger partial charge in [0, 0.05) is 17.6 Å². The minimum Gasteiger partial charge on any atom is -0.506 e. The van der Waals surface area contributed by atoms with Gasteiger partial charge in [-0.3, -0.25) is 0 Å². The average molecular weight is 190 g/mol. The van der Waals surface area contributed by atoms with Gasteiger partial charge in [-0.2, -0.15) is 0 Å². The van der Waals surface area contributed by atoms with E-state index in [1.807, 2.05) is 25.3 Å². The molecule has 1 atom stereocenters. The Bertz CT molecular complexity index is 445. The molecular formula is C11H14N2O. The van der Waals surface area contributed by atoms with Crippen LogP contribution in [0.1, 0.15) is 12.5 Å². The van der Waals surface area contributed by atoms with Crippen molar-refractivity contribution in [2.24, 2.45) is 5.73 Å². The van der Waals surface area contributed by atoms with Crippen LogP contribution in [0.25, 0.3) is 10.9 Å². The summed E-state index contributed by atoms with van der Waals surface area (Å²) in [6.45, 7) is 1.97. The third-order valence-electron chi connectivity index (χ3n) is 2.32. The van der Waals surface area contributed by atoms with E-state index >= 15 is 0 Å². The van der Waals surface area contributed by atoms with Crippen molar-refractivity contribution in [3.8, 4) is 5.75 Å². The number of H-pyrrole nitrogens is 1. The molecule has 0 aliphatic carbocycles. The van der Waals surface area contributed by atoms with Crippen LogP contribution in [-0.4, -0.2) is 16.1 Å². The lowest BCUT2D eigenvalue weighted by atomic mass is 10.1. The zero-order valence-corrected chi connectivity index (χ0v) is 8.12. The van der Waals surface area contributed by atoms with E-state index in [0.717, 1.165) is 22.9 Å². The Morgan fingerprint density at radius 1 is 1.50 bits per heavy atom. The fourth-order valence-corrected chi connectivity index (χ4v) is 1.71. The molecule has 0 aliphatic rings. The Kier molecular flexibility index (Phi) is 2.17. The molecule has 2 rings (SSSR count). The van der Waals surface area contributed by atoms with Crippen LogP contribution in [0.15, 0.2) is 24.4 Å². The molecule has 0 unspecified atom stereocenters. The van der Waals surface area contributed by atoms with E-state index in [1.54, 1.807) is 6.07 Å². The van der Waals surface area contributed by atoms with Crippen LogP contribution in [0.4, 0.5) is 0 Å². The van der Waals surface area contributed by atoms with Crippen molar-refractivity contribution >= 4 is 10.9 Å². The second-order valence-corrected chi connectivity index (χ2v) is 3.70. The van der Waals surface area contributed by atoms with E-state index in [0.29, 0.717) is 5.75 Å². The van der Waals surface area contributed by atoms with Crippen molar-refractivity contribution in [3.63, 3.8) is 0 Å². The number of rotatable bonds is 2. The van der Waals surface area contributed by atoms with Gasteiger partial charge >= 0.3 is 0 Å². The maximum absolute atomic E-state index is 9.56.